The molecule has 0 amide bonds. The molecule has 0 unspecified atom stereocenters. The Kier molecular flexibility index (Phi) is 8.01. The molecule has 3 aromatic carbocycles. The lowest BCUT2D eigenvalue weighted by Crippen LogP contribution is -2.10. The summed E-state index contributed by atoms with van der Waals surface area (Å²) in [6.07, 6.45) is 0.392. The molecule has 28 heavy (non-hydrogen) atoms. The average Bonchev–Trinajstić information content (AvgIpc) is 2.76. The van der Waals surface area contributed by atoms with E-state index in [-0.39, 0.29) is 11.7 Å². The van der Waals surface area contributed by atoms with Crippen LogP contribution in [0.2, 0.25) is 0 Å². The van der Waals surface area contributed by atoms with Crippen LogP contribution in [0, 0.1) is 5.92 Å². The Morgan fingerprint density at radius 3 is 1.54 bits per heavy atom. The molecular weight excluding hydrogens is 367 g/mol. The van der Waals surface area contributed by atoms with E-state index >= 15 is 3.89 Å². The third-order valence-corrected chi connectivity index (χ3v) is 7.17. The number of ketones is 1. The Balaban J connectivity index is 0.00000136. The summed E-state index contributed by atoms with van der Waals surface area (Å²) < 4.78 is 16.5. The van der Waals surface area contributed by atoms with Crippen LogP contribution < -0.4 is 0 Å². The highest BCUT2D eigenvalue weighted by molar-refractivity contribution is 8.29. The maximum Gasteiger partial charge on any atom is 0.139 e. The second-order valence-corrected chi connectivity index (χ2v) is 9.09. The second kappa shape index (κ2) is 10.2. The fourth-order valence-corrected chi connectivity index (χ4v) is 5.22. The first-order valence-corrected chi connectivity index (χ1v) is 11.3. The van der Waals surface area contributed by atoms with Crippen LogP contribution in [0.3, 0.4) is 0 Å². The molecule has 0 radical (unpaired) electrons. The topological polar surface area (TPSA) is 17.1 Å². The summed E-state index contributed by atoms with van der Waals surface area (Å²) in [7, 11) is -2.82. The molecule has 0 spiro atoms. The molecule has 3 rings (SSSR count). The summed E-state index contributed by atoms with van der Waals surface area (Å²) in [4.78, 5) is 14.0. The van der Waals surface area contributed by atoms with E-state index in [1.165, 1.54) is 0 Å². The summed E-state index contributed by atoms with van der Waals surface area (Å²) >= 11 is 0. The van der Waals surface area contributed by atoms with Crippen molar-refractivity contribution in [3.63, 3.8) is 0 Å². The van der Waals surface area contributed by atoms with Gasteiger partial charge in [-0.3, -0.25) is 4.79 Å². The third kappa shape index (κ3) is 4.90. The van der Waals surface area contributed by atoms with E-state index in [2.05, 4.69) is 0 Å². The first-order valence-electron chi connectivity index (χ1n) is 9.76. The van der Waals surface area contributed by atoms with Gasteiger partial charge in [0.25, 0.3) is 0 Å². The molecule has 0 atom stereocenters. The third-order valence-electron chi connectivity index (χ3n) is 4.41. The van der Waals surface area contributed by atoms with E-state index in [1.54, 1.807) is 0 Å². The number of halogens is 1. The van der Waals surface area contributed by atoms with Crippen LogP contribution in [0.15, 0.2) is 99.6 Å². The number of rotatable bonds is 6. The molecule has 0 saturated carbocycles. The summed E-state index contributed by atoms with van der Waals surface area (Å²) in [6, 6.07) is 26.1. The van der Waals surface area contributed by atoms with E-state index in [4.69, 9.17) is 0 Å². The SMILES string of the molecule is CC.CC(C)C(=O)Cc1ccc(S(F)(c2ccccc2)c2ccccc2)cc1. The Bertz CT molecular complexity index is 819. The quantitative estimate of drug-likeness (QED) is 0.418. The Hall–Kier alpha value is -2.39. The van der Waals surface area contributed by atoms with Crippen LogP contribution in [0.1, 0.15) is 33.3 Å². The molecule has 1 nitrogen and oxygen atoms in total. The highest BCUT2D eigenvalue weighted by atomic mass is 32.3. The number of carbonyl (C=O) groups is 1. The Labute approximate surface area is 170 Å². The van der Waals surface area contributed by atoms with Gasteiger partial charge in [-0.25, -0.2) is 0 Å². The van der Waals surface area contributed by atoms with Crippen molar-refractivity contribution in [3.8, 4) is 0 Å². The first kappa shape index (κ1) is 21.9. The van der Waals surface area contributed by atoms with E-state index in [1.807, 2.05) is 113 Å². The number of benzene rings is 3. The van der Waals surface area contributed by atoms with Crippen molar-refractivity contribution in [1.29, 1.82) is 0 Å². The molecule has 3 aromatic rings. The standard InChI is InChI=1S/C23H23FOS.C2H6/c1-18(2)23(25)17-19-13-15-22(16-14-19)26(24,20-9-5-3-6-10-20)21-11-7-4-8-12-21;1-2/h3-16,18H,17H2,1-2H3;1-2H3. The number of carbonyl (C=O) groups excluding carboxylic acids is 1. The monoisotopic (exact) mass is 396 g/mol. The minimum absolute atomic E-state index is 0.00852. The number of Topliss-reactive ketones (excluding diaryl/α,β-unsaturated/α-hetero) is 1. The van der Waals surface area contributed by atoms with Crippen LogP contribution in [0.5, 0.6) is 0 Å². The van der Waals surface area contributed by atoms with Crippen molar-refractivity contribution < 1.29 is 8.68 Å². The van der Waals surface area contributed by atoms with Gasteiger partial charge in [0.2, 0.25) is 0 Å². The van der Waals surface area contributed by atoms with Crippen LogP contribution in [-0.4, -0.2) is 5.78 Å². The second-order valence-electron chi connectivity index (χ2n) is 6.61. The molecule has 0 saturated heterocycles. The smallest absolute Gasteiger partial charge is 0.139 e. The molecule has 0 fully saturated rings. The van der Waals surface area contributed by atoms with Gasteiger partial charge in [-0.15, -0.1) is 0 Å². The van der Waals surface area contributed by atoms with Crippen LogP contribution in [0.4, 0.5) is 3.89 Å². The van der Waals surface area contributed by atoms with Crippen LogP contribution >= 0.6 is 10.4 Å². The molecule has 148 valence electrons. The minimum Gasteiger partial charge on any atom is -0.299 e. The van der Waals surface area contributed by atoms with Crippen molar-refractivity contribution >= 4 is 16.2 Å². The first-order chi connectivity index (χ1) is 13.5. The summed E-state index contributed by atoms with van der Waals surface area (Å²) in [5, 5.41) is 0. The van der Waals surface area contributed by atoms with Gasteiger partial charge >= 0.3 is 0 Å². The molecule has 0 aliphatic heterocycles. The largest absolute Gasteiger partial charge is 0.299 e. The molecule has 3 heteroatoms. The lowest BCUT2D eigenvalue weighted by atomic mass is 10.0. The molecule has 0 bridgehead atoms. The van der Waals surface area contributed by atoms with Crippen molar-refractivity contribution in [2.45, 2.75) is 48.8 Å². The van der Waals surface area contributed by atoms with Crippen LogP contribution in [-0.2, 0) is 11.2 Å². The van der Waals surface area contributed by atoms with Gasteiger partial charge < -0.3 is 0 Å². The van der Waals surface area contributed by atoms with Gasteiger partial charge in [0.05, 0.1) is 0 Å². The fourth-order valence-electron chi connectivity index (χ4n) is 2.82. The highest BCUT2D eigenvalue weighted by Gasteiger charge is 2.30. The van der Waals surface area contributed by atoms with Crippen molar-refractivity contribution in [2.24, 2.45) is 5.92 Å². The zero-order valence-electron chi connectivity index (χ0n) is 17.1. The number of hydrogen-bond acceptors (Lipinski definition) is 1. The lowest BCUT2D eigenvalue weighted by Gasteiger charge is -2.32. The van der Waals surface area contributed by atoms with Gasteiger partial charge in [0, 0.05) is 27.0 Å². The van der Waals surface area contributed by atoms with Crippen LogP contribution in [0.25, 0.3) is 0 Å². The average molecular weight is 397 g/mol. The van der Waals surface area contributed by atoms with Gasteiger partial charge in [-0.2, -0.15) is 3.89 Å². The van der Waals surface area contributed by atoms with E-state index in [0.29, 0.717) is 21.1 Å². The van der Waals surface area contributed by atoms with Crippen molar-refractivity contribution in [2.75, 3.05) is 0 Å². The number of hydrogen-bond donors (Lipinski definition) is 0. The van der Waals surface area contributed by atoms with Crippen molar-refractivity contribution in [1.82, 2.24) is 0 Å². The normalized spacial score (nSPS) is 11.5. The summed E-state index contributed by atoms with van der Waals surface area (Å²) in [5.74, 6) is 0.205. The molecular formula is C25H29FOS. The van der Waals surface area contributed by atoms with Gasteiger partial charge in [0.15, 0.2) is 0 Å². The maximum atomic E-state index is 16.5. The molecule has 0 heterocycles. The molecule has 0 aromatic heterocycles. The van der Waals surface area contributed by atoms with E-state index < -0.39 is 10.4 Å². The molecule has 0 aliphatic carbocycles. The zero-order valence-corrected chi connectivity index (χ0v) is 17.9. The minimum atomic E-state index is -2.82. The fraction of sp³-hybridized carbons (Fsp3) is 0.240. The lowest BCUT2D eigenvalue weighted by molar-refractivity contribution is -0.121. The maximum absolute atomic E-state index is 16.5. The van der Waals surface area contributed by atoms with Gasteiger partial charge in [-0.05, 0) is 52.4 Å². The molecule has 0 aliphatic rings. The predicted octanol–water partition coefficient (Wildman–Crippen LogP) is 7.65. The summed E-state index contributed by atoms with van der Waals surface area (Å²) in [5.41, 5.74) is 0.926. The molecule has 0 N–H and O–H groups in total. The van der Waals surface area contributed by atoms with Gasteiger partial charge in [-0.1, -0.05) is 76.2 Å². The van der Waals surface area contributed by atoms with Crippen molar-refractivity contribution in [3.05, 3.63) is 90.5 Å². The van der Waals surface area contributed by atoms with E-state index in [9.17, 15) is 4.79 Å². The zero-order chi connectivity index (χ0) is 20.6. The Morgan fingerprint density at radius 2 is 1.14 bits per heavy atom. The van der Waals surface area contributed by atoms with Gasteiger partial charge in [0.1, 0.15) is 5.78 Å². The van der Waals surface area contributed by atoms with E-state index in [0.717, 1.165) is 5.56 Å². The predicted molar refractivity (Wildman–Crippen MR) is 118 cm³/mol. The highest BCUT2D eigenvalue weighted by Crippen LogP contribution is 2.69. The Morgan fingerprint density at radius 1 is 0.750 bits per heavy atom. The summed E-state index contributed by atoms with van der Waals surface area (Å²) in [6.45, 7) is 7.80.